The number of aromatic hydroxyl groups is 1. The summed E-state index contributed by atoms with van der Waals surface area (Å²) in [5.74, 6) is -4.08. The minimum atomic E-state index is -5.26. The van der Waals surface area contributed by atoms with Crippen molar-refractivity contribution in [1.29, 1.82) is 0 Å². The number of nitrogens with one attached hydrogen (secondary N) is 2. The third kappa shape index (κ3) is 13.4. The maximum absolute atomic E-state index is 13.2. The van der Waals surface area contributed by atoms with E-state index in [4.69, 9.17) is 25.6 Å². The molecule has 0 saturated heterocycles. The molecule has 4 rings (SSSR count). The predicted molar refractivity (Wildman–Crippen MR) is 226 cm³/mol. The van der Waals surface area contributed by atoms with E-state index >= 15 is 0 Å². The van der Waals surface area contributed by atoms with Crippen LogP contribution in [0.2, 0.25) is 0 Å². The van der Waals surface area contributed by atoms with Gasteiger partial charge in [0.1, 0.15) is 49.8 Å². The Bertz CT molecular complexity index is 3060. The SMILES string of the molecule is CNc1ccc2cc(S(=O)(=O)O)cc(O)c2c1/N=N/c1cc(NC(=O)CCCS(=O)(=O)CCCl)c(/N=N/c2cc(OC)c(S(=O)(=O)CCOS(=O)(=O)O)cc2OC)cc1S(=O)(=O)O. The molecule has 24 nitrogen and oxygen atoms in total. The zero-order valence-corrected chi connectivity index (χ0v) is 37.6. The number of hydrogen-bond donors (Lipinski definition) is 6. The van der Waals surface area contributed by atoms with Gasteiger partial charge in [0.05, 0.1) is 59.7 Å². The number of methoxy groups -OCH3 is 2. The van der Waals surface area contributed by atoms with Crippen LogP contribution in [0.1, 0.15) is 12.8 Å². The number of amides is 1. The Labute approximate surface area is 365 Å². The zero-order chi connectivity index (χ0) is 47.1. The van der Waals surface area contributed by atoms with Gasteiger partial charge in [-0.3, -0.25) is 18.5 Å². The van der Waals surface area contributed by atoms with Crippen LogP contribution in [0.15, 0.2) is 83.7 Å². The van der Waals surface area contributed by atoms with E-state index in [1.807, 2.05) is 0 Å². The van der Waals surface area contributed by atoms with Crippen LogP contribution in [0.5, 0.6) is 17.2 Å². The molecule has 0 bridgehead atoms. The second-order valence-electron chi connectivity index (χ2n) is 12.7. The number of phenolic OH excluding ortho intramolecular Hbond substituents is 1. The minimum absolute atomic E-state index is 0.0335. The molecule has 0 fully saturated rings. The number of halogens is 1. The van der Waals surface area contributed by atoms with Crippen LogP contribution in [0, 0.1) is 0 Å². The monoisotopic (exact) mass is 1000 g/mol. The molecule has 0 atom stereocenters. The first-order valence-electron chi connectivity index (χ1n) is 17.3. The highest BCUT2D eigenvalue weighted by molar-refractivity contribution is 7.91. The summed E-state index contributed by atoms with van der Waals surface area (Å²) in [7, 11) is -19.4. The van der Waals surface area contributed by atoms with E-state index in [0.717, 1.165) is 44.6 Å². The number of carbonyl (C=O) groups excluding carboxylic acids is 1. The summed E-state index contributed by atoms with van der Waals surface area (Å²) < 4.78 is 165. The lowest BCUT2D eigenvalue weighted by Gasteiger charge is -2.14. The normalized spacial score (nSPS) is 12.9. The molecule has 344 valence electrons. The number of sulfone groups is 2. The number of fused-ring (bicyclic) bond motifs is 1. The summed E-state index contributed by atoms with van der Waals surface area (Å²) in [5.41, 5.74) is -1.82. The van der Waals surface area contributed by atoms with Crippen molar-refractivity contribution in [1.82, 2.24) is 0 Å². The number of azo groups is 2. The van der Waals surface area contributed by atoms with Gasteiger partial charge in [-0.25, -0.2) is 21.0 Å². The van der Waals surface area contributed by atoms with Gasteiger partial charge in [0.2, 0.25) is 5.91 Å². The molecule has 0 spiro atoms. The fraction of sp³-hybridized carbons (Fsp3) is 0.303. The van der Waals surface area contributed by atoms with E-state index in [-0.39, 0.29) is 63.1 Å². The third-order valence-electron chi connectivity index (χ3n) is 8.39. The smallest absolute Gasteiger partial charge is 0.397 e. The first-order valence-corrected chi connectivity index (χ1v) is 25.6. The Kier molecular flexibility index (Phi) is 16.2. The number of carbonyl (C=O) groups is 1. The average molecular weight is 1000 g/mol. The molecule has 0 aliphatic carbocycles. The van der Waals surface area contributed by atoms with Crippen LogP contribution in [-0.2, 0) is 59.3 Å². The maximum atomic E-state index is 13.2. The lowest BCUT2D eigenvalue weighted by atomic mass is 10.1. The van der Waals surface area contributed by atoms with Crippen LogP contribution >= 0.6 is 11.6 Å². The Morgan fingerprint density at radius 1 is 0.714 bits per heavy atom. The summed E-state index contributed by atoms with van der Waals surface area (Å²) in [5, 5.41) is 32.0. The molecular weight excluding hydrogens is 964 g/mol. The number of phenols is 1. The Morgan fingerprint density at radius 3 is 1.95 bits per heavy atom. The van der Waals surface area contributed by atoms with Crippen LogP contribution in [0.25, 0.3) is 10.8 Å². The third-order valence-corrected chi connectivity index (χ3v) is 14.4. The molecule has 0 aliphatic rings. The van der Waals surface area contributed by atoms with E-state index in [9.17, 15) is 61.1 Å². The van der Waals surface area contributed by atoms with Gasteiger partial charge in [-0.05, 0) is 36.1 Å². The van der Waals surface area contributed by atoms with E-state index in [1.54, 1.807) is 0 Å². The Morgan fingerprint density at radius 2 is 1.37 bits per heavy atom. The topological polar surface area (TPSA) is 370 Å². The first kappa shape index (κ1) is 50.5. The zero-order valence-electron chi connectivity index (χ0n) is 32.8. The molecule has 6 N–H and O–H groups in total. The van der Waals surface area contributed by atoms with Crippen LogP contribution < -0.4 is 20.1 Å². The lowest BCUT2D eigenvalue weighted by Crippen LogP contribution is -2.16. The van der Waals surface area contributed by atoms with Gasteiger partial charge in [0, 0.05) is 37.5 Å². The van der Waals surface area contributed by atoms with Crippen LogP contribution in [-0.4, -0.2) is 118 Å². The molecule has 1 amide bonds. The molecule has 4 aromatic carbocycles. The second-order valence-corrected chi connectivity index (χ2v) is 21.3. The summed E-state index contributed by atoms with van der Waals surface area (Å²) >= 11 is 5.55. The number of benzene rings is 4. The van der Waals surface area contributed by atoms with Crippen molar-refractivity contribution in [3.8, 4) is 17.2 Å². The highest BCUT2D eigenvalue weighted by Gasteiger charge is 2.26. The van der Waals surface area contributed by atoms with Crippen molar-refractivity contribution in [3.63, 3.8) is 0 Å². The van der Waals surface area contributed by atoms with E-state index < -0.39 is 113 Å². The van der Waals surface area contributed by atoms with Gasteiger partial charge in [-0.15, -0.1) is 32.1 Å². The summed E-state index contributed by atoms with van der Waals surface area (Å²) in [4.78, 5) is 11.0. The van der Waals surface area contributed by atoms with Gasteiger partial charge < -0.3 is 25.2 Å². The van der Waals surface area contributed by atoms with E-state index in [1.165, 1.54) is 19.2 Å². The summed E-state index contributed by atoms with van der Waals surface area (Å²) in [6.45, 7) is -0.976. The van der Waals surface area contributed by atoms with Gasteiger partial charge in [0.25, 0.3) is 20.2 Å². The number of rotatable bonds is 21. The van der Waals surface area contributed by atoms with Gasteiger partial charge in [0.15, 0.2) is 19.7 Å². The number of ether oxygens (including phenoxy) is 2. The molecule has 4 aromatic rings. The van der Waals surface area contributed by atoms with Crippen molar-refractivity contribution >= 4 is 113 Å². The van der Waals surface area contributed by atoms with Crippen LogP contribution in [0.4, 0.5) is 34.1 Å². The molecular formula is C33H37ClN6O18S5. The number of anilines is 2. The van der Waals surface area contributed by atoms with Crippen molar-refractivity contribution < 1.29 is 79.3 Å². The standard InChI is InChI=1S/C33H37ClN6O18S5/c1-35-21-7-6-19-13-20(61(47,48)49)14-26(41)32(19)33(21)40-39-25-15-22(36-31(42)5-4-10-59(43,44)11-8-34)23(17-29(25)62(50,51)52)37-38-24-16-28(57-3)30(18-27(24)56-2)60(45,46)12-9-58-63(53,54)55/h6-7,13-18,35,41H,4-5,8-12H2,1-3H3,(H,36,42)(H,47,48,49)(H,50,51,52)(H,53,54,55)/b38-37+,40-39+. The average Bonchev–Trinajstić information content (AvgIpc) is 3.17. The highest BCUT2D eigenvalue weighted by atomic mass is 35.5. The number of hydrogen-bond acceptors (Lipinski definition) is 20. The van der Waals surface area contributed by atoms with Crippen molar-refractivity contribution in [2.24, 2.45) is 20.5 Å². The van der Waals surface area contributed by atoms with Crippen molar-refractivity contribution in [3.05, 3.63) is 48.5 Å². The maximum Gasteiger partial charge on any atom is 0.397 e. The van der Waals surface area contributed by atoms with Crippen molar-refractivity contribution in [2.75, 3.05) is 61.6 Å². The Balaban J connectivity index is 1.90. The molecule has 0 unspecified atom stereocenters. The largest absolute Gasteiger partial charge is 0.507 e. The second kappa shape index (κ2) is 20.2. The molecule has 30 heteroatoms. The lowest BCUT2D eigenvalue weighted by molar-refractivity contribution is -0.116. The minimum Gasteiger partial charge on any atom is -0.507 e. The first-order chi connectivity index (χ1) is 29.2. The summed E-state index contributed by atoms with van der Waals surface area (Å²) in [6.07, 6.45) is -0.583. The molecule has 63 heavy (non-hydrogen) atoms. The molecule has 0 heterocycles. The fourth-order valence-electron chi connectivity index (χ4n) is 5.51. The summed E-state index contributed by atoms with van der Waals surface area (Å²) in [6, 6.07) is 8.05. The number of alkyl halides is 1. The van der Waals surface area contributed by atoms with Gasteiger partial charge >= 0.3 is 10.4 Å². The molecule has 0 aliphatic heterocycles. The molecule has 0 saturated carbocycles. The predicted octanol–water partition coefficient (Wildman–Crippen LogP) is 4.89. The van der Waals surface area contributed by atoms with Gasteiger partial charge in [-0.1, -0.05) is 6.07 Å². The fourth-order valence-corrected chi connectivity index (χ4v) is 10.1. The highest BCUT2D eigenvalue weighted by Crippen LogP contribution is 2.44. The Hall–Kier alpha value is -5.11. The number of nitrogens with zero attached hydrogens (tertiary/aromatic N) is 4. The van der Waals surface area contributed by atoms with Crippen LogP contribution in [0.3, 0.4) is 0 Å². The van der Waals surface area contributed by atoms with E-state index in [2.05, 4.69) is 35.3 Å². The quantitative estimate of drug-likeness (QED) is 0.0367. The molecule has 0 aromatic heterocycles. The molecule has 0 radical (unpaired) electrons. The van der Waals surface area contributed by atoms with Gasteiger partial charge in [-0.2, -0.15) is 25.3 Å². The van der Waals surface area contributed by atoms with Crippen molar-refractivity contribution in [2.45, 2.75) is 27.5 Å². The van der Waals surface area contributed by atoms with E-state index in [0.29, 0.717) is 6.07 Å².